The quantitative estimate of drug-likeness (QED) is 0.881. The average molecular weight is 265 g/mol. The predicted molar refractivity (Wildman–Crippen MR) is 65.8 cm³/mol. The molecule has 90 valence electrons. The fraction of sp³-hybridized carbons (Fsp3) is 0. The molecule has 0 radical (unpaired) electrons. The number of halogens is 3. The first-order valence-corrected chi connectivity index (χ1v) is 5.39. The van der Waals surface area contributed by atoms with Gasteiger partial charge < -0.3 is 5.32 Å². The van der Waals surface area contributed by atoms with Gasteiger partial charge in [0.1, 0.15) is 5.82 Å². The fourth-order valence-electron chi connectivity index (χ4n) is 1.47. The van der Waals surface area contributed by atoms with Crippen LogP contribution in [0.25, 0.3) is 0 Å². The molecule has 0 atom stereocenters. The van der Waals surface area contributed by atoms with Gasteiger partial charge in [0.15, 0.2) is 5.82 Å². The summed E-state index contributed by atoms with van der Waals surface area (Å²) in [7, 11) is 0. The van der Waals surface area contributed by atoms with Crippen molar-refractivity contribution in [2.45, 2.75) is 0 Å². The third-order valence-electron chi connectivity index (χ3n) is 2.27. The molecule has 0 unspecified atom stereocenters. The average Bonchev–Trinajstić information content (AvgIpc) is 2.34. The lowest BCUT2D eigenvalue weighted by Crippen LogP contribution is -1.96. The second-order valence-electron chi connectivity index (χ2n) is 3.56. The molecule has 2 aromatic rings. The van der Waals surface area contributed by atoms with Crippen molar-refractivity contribution in [1.82, 2.24) is 0 Å². The van der Waals surface area contributed by atoms with Gasteiger partial charge in [-0.3, -0.25) is 0 Å². The second kappa shape index (κ2) is 5.03. The van der Waals surface area contributed by atoms with Crippen molar-refractivity contribution < 1.29 is 8.78 Å². The van der Waals surface area contributed by atoms with E-state index in [1.54, 1.807) is 24.3 Å². The minimum absolute atomic E-state index is 0.0202. The first-order valence-electron chi connectivity index (χ1n) is 5.02. The zero-order valence-electron chi connectivity index (χ0n) is 9.05. The van der Waals surface area contributed by atoms with Crippen LogP contribution in [0.3, 0.4) is 0 Å². The fourth-order valence-corrected chi connectivity index (χ4v) is 1.71. The Balaban J connectivity index is 2.37. The molecular weight excluding hydrogens is 258 g/mol. The topological polar surface area (TPSA) is 35.8 Å². The summed E-state index contributed by atoms with van der Waals surface area (Å²) in [6.07, 6.45) is 0. The Hall–Kier alpha value is -2.12. The van der Waals surface area contributed by atoms with E-state index in [1.165, 1.54) is 0 Å². The third-order valence-corrected chi connectivity index (χ3v) is 2.57. The van der Waals surface area contributed by atoms with E-state index in [1.807, 2.05) is 6.07 Å². The van der Waals surface area contributed by atoms with Crippen LogP contribution in [-0.4, -0.2) is 0 Å². The molecule has 0 aliphatic heterocycles. The van der Waals surface area contributed by atoms with Crippen LogP contribution in [0.4, 0.5) is 20.2 Å². The molecule has 0 spiro atoms. The molecule has 2 nitrogen and oxygen atoms in total. The lowest BCUT2D eigenvalue weighted by Gasteiger charge is -2.09. The number of rotatable bonds is 2. The summed E-state index contributed by atoms with van der Waals surface area (Å²) in [5.41, 5.74) is 0.910. The third kappa shape index (κ3) is 2.58. The summed E-state index contributed by atoms with van der Waals surface area (Å²) in [5.74, 6) is -1.53. The molecule has 0 heterocycles. The van der Waals surface area contributed by atoms with E-state index in [0.717, 1.165) is 12.1 Å². The Labute approximate surface area is 107 Å². The van der Waals surface area contributed by atoms with E-state index in [0.29, 0.717) is 11.3 Å². The van der Waals surface area contributed by atoms with Crippen molar-refractivity contribution in [3.05, 3.63) is 58.6 Å². The largest absolute Gasteiger partial charge is 0.352 e. The van der Waals surface area contributed by atoms with Gasteiger partial charge in [0.05, 0.1) is 22.3 Å². The molecule has 0 amide bonds. The van der Waals surface area contributed by atoms with Crippen LogP contribution >= 0.6 is 11.6 Å². The molecule has 1 N–H and O–H groups in total. The van der Waals surface area contributed by atoms with Crippen molar-refractivity contribution >= 4 is 23.0 Å². The molecule has 18 heavy (non-hydrogen) atoms. The van der Waals surface area contributed by atoms with Crippen LogP contribution in [0.2, 0.25) is 5.02 Å². The maximum atomic E-state index is 13.5. The van der Waals surface area contributed by atoms with E-state index >= 15 is 0 Å². The van der Waals surface area contributed by atoms with E-state index in [2.05, 4.69) is 5.32 Å². The molecule has 0 aromatic heterocycles. The monoisotopic (exact) mass is 264 g/mol. The molecular formula is C13H7ClF2N2. The smallest absolute Gasteiger partial charge is 0.151 e. The number of benzene rings is 2. The van der Waals surface area contributed by atoms with E-state index < -0.39 is 11.6 Å². The number of nitrogens with one attached hydrogen (secondary N) is 1. The molecule has 0 aliphatic rings. The lowest BCUT2D eigenvalue weighted by molar-refractivity contribution is 0.586. The lowest BCUT2D eigenvalue weighted by atomic mass is 10.2. The molecule has 0 saturated carbocycles. The highest BCUT2D eigenvalue weighted by atomic mass is 35.5. The number of hydrogen-bond donors (Lipinski definition) is 1. The van der Waals surface area contributed by atoms with Gasteiger partial charge in [-0.15, -0.1) is 0 Å². The van der Waals surface area contributed by atoms with Crippen molar-refractivity contribution in [3.63, 3.8) is 0 Å². The van der Waals surface area contributed by atoms with Gasteiger partial charge in [-0.25, -0.2) is 8.78 Å². The second-order valence-corrected chi connectivity index (χ2v) is 3.97. The van der Waals surface area contributed by atoms with Crippen LogP contribution in [0.5, 0.6) is 0 Å². The summed E-state index contributed by atoms with van der Waals surface area (Å²) < 4.78 is 26.4. The standard InChI is InChI=1S/C13H7ClF2N2/c14-11-5-9(15)6-12(16)13(11)18-10-3-1-2-8(4-10)7-17/h1-6,18H. The summed E-state index contributed by atoms with van der Waals surface area (Å²) in [6.45, 7) is 0. The number of hydrogen-bond acceptors (Lipinski definition) is 2. The molecule has 0 saturated heterocycles. The predicted octanol–water partition coefficient (Wildman–Crippen LogP) is 4.23. The number of anilines is 2. The summed E-state index contributed by atoms with van der Waals surface area (Å²) in [4.78, 5) is 0. The van der Waals surface area contributed by atoms with E-state index in [-0.39, 0.29) is 10.7 Å². The zero-order valence-corrected chi connectivity index (χ0v) is 9.80. The zero-order chi connectivity index (χ0) is 13.1. The minimum Gasteiger partial charge on any atom is -0.352 e. The van der Waals surface area contributed by atoms with Crippen molar-refractivity contribution in [3.8, 4) is 6.07 Å². The molecule has 0 fully saturated rings. The van der Waals surface area contributed by atoms with Gasteiger partial charge in [-0.05, 0) is 24.3 Å². The van der Waals surface area contributed by atoms with Crippen LogP contribution < -0.4 is 5.32 Å². The van der Waals surface area contributed by atoms with Crippen LogP contribution in [0, 0.1) is 23.0 Å². The normalized spacial score (nSPS) is 9.89. The summed E-state index contributed by atoms with van der Waals surface area (Å²) in [5, 5.41) is 11.4. The molecule has 0 bridgehead atoms. The first kappa shape index (κ1) is 12.3. The Bertz CT molecular complexity index is 612. The van der Waals surface area contributed by atoms with Crippen molar-refractivity contribution in [1.29, 1.82) is 5.26 Å². The summed E-state index contributed by atoms with van der Waals surface area (Å²) in [6, 6.07) is 10.2. The number of nitrogens with zero attached hydrogens (tertiary/aromatic N) is 1. The van der Waals surface area contributed by atoms with Crippen LogP contribution in [0.15, 0.2) is 36.4 Å². The van der Waals surface area contributed by atoms with Gasteiger partial charge in [0, 0.05) is 11.8 Å². The van der Waals surface area contributed by atoms with E-state index in [9.17, 15) is 8.78 Å². The Kier molecular flexibility index (Phi) is 3.45. The first-order chi connectivity index (χ1) is 8.60. The highest BCUT2D eigenvalue weighted by molar-refractivity contribution is 6.33. The molecule has 0 aliphatic carbocycles. The van der Waals surface area contributed by atoms with Crippen molar-refractivity contribution in [2.75, 3.05) is 5.32 Å². The van der Waals surface area contributed by atoms with Gasteiger partial charge in [-0.2, -0.15) is 5.26 Å². The van der Waals surface area contributed by atoms with Gasteiger partial charge in [-0.1, -0.05) is 17.7 Å². The highest BCUT2D eigenvalue weighted by Gasteiger charge is 2.10. The van der Waals surface area contributed by atoms with Crippen molar-refractivity contribution in [2.24, 2.45) is 0 Å². The maximum absolute atomic E-state index is 13.5. The van der Waals surface area contributed by atoms with Gasteiger partial charge in [0.25, 0.3) is 0 Å². The Morgan fingerprint density at radius 3 is 2.61 bits per heavy atom. The van der Waals surface area contributed by atoms with Gasteiger partial charge in [0.2, 0.25) is 0 Å². The number of nitriles is 1. The minimum atomic E-state index is -0.789. The van der Waals surface area contributed by atoms with E-state index in [4.69, 9.17) is 16.9 Å². The molecule has 2 aromatic carbocycles. The van der Waals surface area contributed by atoms with Crippen LogP contribution in [0.1, 0.15) is 5.56 Å². The summed E-state index contributed by atoms with van der Waals surface area (Å²) >= 11 is 5.75. The Morgan fingerprint density at radius 1 is 1.17 bits per heavy atom. The Morgan fingerprint density at radius 2 is 1.94 bits per heavy atom. The van der Waals surface area contributed by atoms with Gasteiger partial charge >= 0.3 is 0 Å². The molecule has 2 rings (SSSR count). The maximum Gasteiger partial charge on any atom is 0.151 e. The highest BCUT2D eigenvalue weighted by Crippen LogP contribution is 2.29. The molecule has 5 heteroatoms. The van der Waals surface area contributed by atoms with Crippen LogP contribution in [-0.2, 0) is 0 Å². The SMILES string of the molecule is N#Cc1cccc(Nc2c(F)cc(F)cc2Cl)c1.